The minimum absolute atomic E-state index is 0.0891. The minimum atomic E-state index is -0.278. The number of carbonyl (C=O) groups is 2. The molecule has 1 aliphatic heterocycles. The Labute approximate surface area is 146 Å². The lowest BCUT2D eigenvalue weighted by Crippen LogP contribution is -2.24. The van der Waals surface area contributed by atoms with Gasteiger partial charge < -0.3 is 10.2 Å². The Morgan fingerprint density at radius 2 is 1.96 bits per heavy atom. The van der Waals surface area contributed by atoms with Crippen molar-refractivity contribution in [2.45, 2.75) is 32.6 Å². The molecule has 1 heterocycles. The maximum Gasteiger partial charge on any atom is 0.227 e. The lowest BCUT2D eigenvalue weighted by molar-refractivity contribution is -0.117. The summed E-state index contributed by atoms with van der Waals surface area (Å²) in [4.78, 5) is 25.8. The van der Waals surface area contributed by atoms with Crippen molar-refractivity contribution in [1.82, 2.24) is 0 Å². The molecule has 0 aliphatic carbocycles. The van der Waals surface area contributed by atoms with Crippen LogP contribution in [-0.2, 0) is 16.0 Å². The van der Waals surface area contributed by atoms with Crippen LogP contribution in [0.1, 0.15) is 30.4 Å². The molecule has 3 rings (SSSR count). The van der Waals surface area contributed by atoms with Crippen LogP contribution in [0.4, 0.5) is 15.8 Å². The molecule has 2 aromatic carbocycles. The third-order valence-corrected chi connectivity index (χ3v) is 4.40. The molecule has 0 spiro atoms. The summed E-state index contributed by atoms with van der Waals surface area (Å²) in [6, 6.07) is 11.8. The van der Waals surface area contributed by atoms with Crippen molar-refractivity contribution in [3.63, 3.8) is 0 Å². The van der Waals surface area contributed by atoms with E-state index in [4.69, 9.17) is 0 Å². The number of amides is 2. The van der Waals surface area contributed by atoms with Gasteiger partial charge in [0.1, 0.15) is 5.82 Å². The summed E-state index contributed by atoms with van der Waals surface area (Å²) in [6.45, 7) is 2.69. The lowest BCUT2D eigenvalue weighted by atomic mass is 10.1. The highest BCUT2D eigenvalue weighted by Gasteiger charge is 2.22. The number of nitrogens with zero attached hydrogens (tertiary/aromatic N) is 1. The number of rotatable bonds is 5. The third-order valence-electron chi connectivity index (χ3n) is 4.40. The molecule has 0 aromatic heterocycles. The van der Waals surface area contributed by atoms with E-state index >= 15 is 0 Å². The molecule has 1 N–H and O–H groups in total. The molecule has 130 valence electrons. The molecule has 0 radical (unpaired) electrons. The van der Waals surface area contributed by atoms with Gasteiger partial charge in [-0.3, -0.25) is 9.59 Å². The topological polar surface area (TPSA) is 49.4 Å². The zero-order chi connectivity index (χ0) is 17.8. The first-order chi connectivity index (χ1) is 12.0. The molecular weight excluding hydrogens is 319 g/mol. The standard InChI is InChI=1S/C20H21FN2O2/c1-14-13-17(9-10-18(14)23-12-2-3-20(23)25)22-19(24)11-6-15-4-7-16(21)8-5-15/h4-5,7-10,13H,2-3,6,11-12H2,1H3,(H,22,24). The van der Waals surface area contributed by atoms with Gasteiger partial charge >= 0.3 is 0 Å². The minimum Gasteiger partial charge on any atom is -0.326 e. The molecule has 1 fully saturated rings. The van der Waals surface area contributed by atoms with Gasteiger partial charge in [0.05, 0.1) is 0 Å². The molecule has 25 heavy (non-hydrogen) atoms. The Balaban J connectivity index is 1.58. The highest BCUT2D eigenvalue weighted by molar-refractivity contribution is 5.97. The maximum atomic E-state index is 12.9. The van der Waals surface area contributed by atoms with E-state index in [9.17, 15) is 14.0 Å². The van der Waals surface area contributed by atoms with Crippen LogP contribution in [0, 0.1) is 12.7 Å². The average molecular weight is 340 g/mol. The van der Waals surface area contributed by atoms with Crippen molar-refractivity contribution in [3.8, 4) is 0 Å². The molecule has 0 bridgehead atoms. The highest BCUT2D eigenvalue weighted by atomic mass is 19.1. The summed E-state index contributed by atoms with van der Waals surface area (Å²) in [7, 11) is 0. The fraction of sp³-hybridized carbons (Fsp3) is 0.300. The average Bonchev–Trinajstić information content (AvgIpc) is 3.00. The maximum absolute atomic E-state index is 12.9. The number of nitrogens with one attached hydrogen (secondary N) is 1. The van der Waals surface area contributed by atoms with Crippen LogP contribution in [0.2, 0.25) is 0 Å². The van der Waals surface area contributed by atoms with Gasteiger partial charge in [-0.05, 0) is 61.2 Å². The van der Waals surface area contributed by atoms with Gasteiger partial charge in [-0.25, -0.2) is 4.39 Å². The lowest BCUT2D eigenvalue weighted by Gasteiger charge is -2.19. The van der Waals surface area contributed by atoms with Crippen LogP contribution in [0.5, 0.6) is 0 Å². The molecule has 2 amide bonds. The monoisotopic (exact) mass is 340 g/mol. The quantitative estimate of drug-likeness (QED) is 0.899. The van der Waals surface area contributed by atoms with Crippen LogP contribution < -0.4 is 10.2 Å². The number of hydrogen-bond donors (Lipinski definition) is 1. The first-order valence-electron chi connectivity index (χ1n) is 8.48. The summed E-state index contributed by atoms with van der Waals surface area (Å²) >= 11 is 0. The summed E-state index contributed by atoms with van der Waals surface area (Å²) in [5, 5.41) is 2.88. The van der Waals surface area contributed by atoms with Gasteiger partial charge in [-0.2, -0.15) is 0 Å². The largest absolute Gasteiger partial charge is 0.326 e. The zero-order valence-corrected chi connectivity index (χ0v) is 14.2. The van der Waals surface area contributed by atoms with Crippen LogP contribution in [0.25, 0.3) is 0 Å². The SMILES string of the molecule is Cc1cc(NC(=O)CCc2ccc(F)cc2)ccc1N1CCCC1=O. The van der Waals surface area contributed by atoms with Crippen molar-refractivity contribution in [3.05, 3.63) is 59.4 Å². The molecule has 0 saturated carbocycles. The van der Waals surface area contributed by atoms with E-state index in [2.05, 4.69) is 5.32 Å². The van der Waals surface area contributed by atoms with Crippen LogP contribution in [0.3, 0.4) is 0 Å². The Bertz CT molecular complexity index is 787. The molecule has 4 nitrogen and oxygen atoms in total. The van der Waals surface area contributed by atoms with E-state index < -0.39 is 0 Å². The fourth-order valence-corrected chi connectivity index (χ4v) is 3.07. The van der Waals surface area contributed by atoms with E-state index in [0.29, 0.717) is 19.3 Å². The second-order valence-corrected chi connectivity index (χ2v) is 6.32. The van der Waals surface area contributed by atoms with E-state index in [0.717, 1.165) is 35.5 Å². The van der Waals surface area contributed by atoms with Crippen molar-refractivity contribution in [2.75, 3.05) is 16.8 Å². The summed E-state index contributed by atoms with van der Waals surface area (Å²) in [5.41, 5.74) is 3.52. The molecule has 1 aliphatic rings. The number of aryl methyl sites for hydroxylation is 2. The molecule has 0 unspecified atom stereocenters. The van der Waals surface area contributed by atoms with Gasteiger partial charge in [0, 0.05) is 30.8 Å². The number of benzene rings is 2. The first-order valence-corrected chi connectivity index (χ1v) is 8.48. The second-order valence-electron chi connectivity index (χ2n) is 6.32. The first kappa shape index (κ1) is 17.1. The van der Waals surface area contributed by atoms with E-state index in [1.54, 1.807) is 17.0 Å². The van der Waals surface area contributed by atoms with Crippen molar-refractivity contribution >= 4 is 23.2 Å². The molecule has 5 heteroatoms. The zero-order valence-electron chi connectivity index (χ0n) is 14.2. The molecular formula is C20H21FN2O2. The number of anilines is 2. The fourth-order valence-electron chi connectivity index (χ4n) is 3.07. The molecule has 0 atom stereocenters. The van der Waals surface area contributed by atoms with Crippen LogP contribution >= 0.6 is 0 Å². The summed E-state index contributed by atoms with van der Waals surface area (Å²) in [5.74, 6) is -0.215. The Morgan fingerprint density at radius 3 is 2.60 bits per heavy atom. The van der Waals surface area contributed by atoms with E-state index in [1.807, 2.05) is 25.1 Å². The Morgan fingerprint density at radius 1 is 1.20 bits per heavy atom. The molecule has 1 saturated heterocycles. The predicted molar refractivity (Wildman–Crippen MR) is 96.1 cm³/mol. The third kappa shape index (κ3) is 4.24. The second kappa shape index (κ2) is 7.47. The molecule has 2 aromatic rings. The van der Waals surface area contributed by atoms with Crippen molar-refractivity contribution in [1.29, 1.82) is 0 Å². The number of hydrogen-bond acceptors (Lipinski definition) is 2. The van der Waals surface area contributed by atoms with E-state index in [1.165, 1.54) is 12.1 Å². The highest BCUT2D eigenvalue weighted by Crippen LogP contribution is 2.27. The number of carbonyl (C=O) groups excluding carboxylic acids is 2. The normalized spacial score (nSPS) is 14.0. The van der Waals surface area contributed by atoms with Gasteiger partial charge in [0.2, 0.25) is 11.8 Å². The van der Waals surface area contributed by atoms with Crippen LogP contribution in [0.15, 0.2) is 42.5 Å². The van der Waals surface area contributed by atoms with E-state index in [-0.39, 0.29) is 17.6 Å². The summed E-state index contributed by atoms with van der Waals surface area (Å²) < 4.78 is 12.9. The summed E-state index contributed by atoms with van der Waals surface area (Å²) in [6.07, 6.45) is 2.38. The Hall–Kier alpha value is -2.69. The van der Waals surface area contributed by atoms with Crippen molar-refractivity contribution < 1.29 is 14.0 Å². The van der Waals surface area contributed by atoms with Crippen molar-refractivity contribution in [2.24, 2.45) is 0 Å². The number of halogens is 1. The van der Waals surface area contributed by atoms with Crippen LogP contribution in [-0.4, -0.2) is 18.4 Å². The Kier molecular flexibility index (Phi) is 5.12. The van der Waals surface area contributed by atoms with Gasteiger partial charge in [-0.1, -0.05) is 12.1 Å². The van der Waals surface area contributed by atoms with Gasteiger partial charge in [0.15, 0.2) is 0 Å². The predicted octanol–water partition coefficient (Wildman–Crippen LogP) is 3.83. The van der Waals surface area contributed by atoms with Gasteiger partial charge in [-0.15, -0.1) is 0 Å². The van der Waals surface area contributed by atoms with Gasteiger partial charge in [0.25, 0.3) is 0 Å². The smallest absolute Gasteiger partial charge is 0.227 e.